The van der Waals surface area contributed by atoms with Crippen LogP contribution in [0.25, 0.3) is 0 Å². The molecule has 12 heteroatoms. The number of aliphatic hydroxyl groups is 8. The number of aliphatic hydroxyl groups excluding tert-OH is 8. The lowest BCUT2D eigenvalue weighted by molar-refractivity contribution is -0.312. The largest absolute Gasteiger partial charge is 0.393 e. The van der Waals surface area contributed by atoms with Gasteiger partial charge in [-0.2, -0.15) is 0 Å². The van der Waals surface area contributed by atoms with Gasteiger partial charge in [0.1, 0.15) is 36.6 Å². The summed E-state index contributed by atoms with van der Waals surface area (Å²) in [5.41, 5.74) is 1.73. The monoisotopic (exact) mass is 738 g/mol. The maximum atomic E-state index is 11.9. The van der Waals surface area contributed by atoms with Crippen molar-refractivity contribution < 1.29 is 59.8 Å². The molecule has 8 N–H and O–H groups in total. The SMILES string of the molecule is C=C(CC[C@@H](CO[C@@H]1O[C@H](C)[C@H](O)[C@H](O)[C@H]1O)[C@H]1[C@H](OC2O[C@H](C)[C@H](O)[C@H](O)[C@H]2O)CC2C3C(CC[C@@]21C)[C@@]1(C)CC[C@H](O)CC1=C[C@H]3O)C(C)C. The van der Waals surface area contributed by atoms with Gasteiger partial charge < -0.3 is 59.8 Å². The first-order valence-corrected chi connectivity index (χ1v) is 19.8. The molecule has 2 aliphatic heterocycles. The van der Waals surface area contributed by atoms with Gasteiger partial charge >= 0.3 is 0 Å². The Balaban J connectivity index is 1.36. The van der Waals surface area contributed by atoms with Crippen LogP contribution in [-0.4, -0.2) is 127 Å². The lowest BCUT2D eigenvalue weighted by Gasteiger charge is -2.59. The Kier molecular flexibility index (Phi) is 12.1. The predicted molar refractivity (Wildman–Crippen MR) is 190 cm³/mol. The normalized spacial score (nSPS) is 51.3. The fraction of sp³-hybridized carbons (Fsp3) is 0.900. The van der Waals surface area contributed by atoms with E-state index in [0.29, 0.717) is 25.7 Å². The quantitative estimate of drug-likeness (QED) is 0.152. The highest BCUT2D eigenvalue weighted by Gasteiger charge is 2.65. The van der Waals surface area contributed by atoms with Crippen LogP contribution in [0.15, 0.2) is 23.8 Å². The predicted octanol–water partition coefficient (Wildman–Crippen LogP) is 2.17. The first-order valence-electron chi connectivity index (χ1n) is 19.8. The summed E-state index contributed by atoms with van der Waals surface area (Å²) in [6, 6.07) is 0. The second-order valence-electron chi connectivity index (χ2n) is 18.1. The van der Waals surface area contributed by atoms with Crippen molar-refractivity contribution in [3.63, 3.8) is 0 Å². The van der Waals surface area contributed by atoms with Crippen molar-refractivity contribution in [3.8, 4) is 0 Å². The summed E-state index contributed by atoms with van der Waals surface area (Å²) in [5, 5.41) is 86.5. The smallest absolute Gasteiger partial charge is 0.186 e. The molecular weight excluding hydrogens is 672 g/mol. The van der Waals surface area contributed by atoms with E-state index in [1.165, 1.54) is 0 Å². The second-order valence-corrected chi connectivity index (χ2v) is 18.1. The van der Waals surface area contributed by atoms with Crippen LogP contribution >= 0.6 is 0 Å². The van der Waals surface area contributed by atoms with Crippen molar-refractivity contribution >= 4 is 0 Å². The van der Waals surface area contributed by atoms with Crippen molar-refractivity contribution in [1.82, 2.24) is 0 Å². The van der Waals surface area contributed by atoms with Crippen LogP contribution in [0.4, 0.5) is 0 Å². The lowest BCUT2D eigenvalue weighted by atomic mass is 9.46. The van der Waals surface area contributed by atoms with Crippen molar-refractivity contribution in [1.29, 1.82) is 0 Å². The van der Waals surface area contributed by atoms with E-state index in [1.807, 2.05) is 6.08 Å². The maximum Gasteiger partial charge on any atom is 0.186 e. The summed E-state index contributed by atoms with van der Waals surface area (Å²) >= 11 is 0. The zero-order valence-corrected chi connectivity index (χ0v) is 31.8. The Morgan fingerprint density at radius 1 is 0.846 bits per heavy atom. The summed E-state index contributed by atoms with van der Waals surface area (Å²) in [4.78, 5) is 0. The summed E-state index contributed by atoms with van der Waals surface area (Å²) in [6.45, 7) is 16.5. The van der Waals surface area contributed by atoms with Gasteiger partial charge in [0.25, 0.3) is 0 Å². The third kappa shape index (κ3) is 7.23. The zero-order valence-electron chi connectivity index (χ0n) is 31.8. The van der Waals surface area contributed by atoms with Crippen LogP contribution in [0, 0.1) is 46.3 Å². The molecule has 0 amide bonds. The molecular formula is C40H66O12. The van der Waals surface area contributed by atoms with Gasteiger partial charge in [-0.1, -0.05) is 51.5 Å². The molecule has 4 unspecified atom stereocenters. The summed E-state index contributed by atoms with van der Waals surface area (Å²) in [6.07, 6.45) is -6.05. The first-order chi connectivity index (χ1) is 24.4. The highest BCUT2D eigenvalue weighted by molar-refractivity contribution is 5.28. The van der Waals surface area contributed by atoms with Gasteiger partial charge in [0.15, 0.2) is 12.6 Å². The standard InChI is InChI=1S/C40H66O12/c1-18(2)19(3)8-9-22(17-49-37-35(47)33(45)31(43)20(4)50-37)30-28(52-38-36(48)34(46)32(44)21(5)51-38)16-26-29-25(11-13-40(26,30)7)39(6)12-10-24(41)14-23(39)15-27(29)42/h15,18,20-22,24-38,41-48H,3,8-14,16-17H2,1-2,4-7H3/t20-,21-,22+,24+,25?,26?,27-,28-,29?,30+,31+,32+,33+,34+,35-,36-,37-,38?,39+,40+/m1/s1. The van der Waals surface area contributed by atoms with E-state index in [-0.39, 0.29) is 52.9 Å². The maximum absolute atomic E-state index is 11.9. The fourth-order valence-electron chi connectivity index (χ4n) is 11.3. The number of rotatable bonds is 10. The summed E-state index contributed by atoms with van der Waals surface area (Å²) in [7, 11) is 0. The highest BCUT2D eigenvalue weighted by atomic mass is 16.7. The van der Waals surface area contributed by atoms with E-state index < -0.39 is 79.7 Å². The fourth-order valence-corrected chi connectivity index (χ4v) is 11.3. The van der Waals surface area contributed by atoms with E-state index in [4.69, 9.17) is 18.9 Å². The number of fused-ring (bicyclic) bond motifs is 5. The van der Waals surface area contributed by atoms with Crippen LogP contribution < -0.4 is 0 Å². The molecule has 0 radical (unpaired) electrons. The third-order valence-corrected chi connectivity index (χ3v) is 14.8. The number of hydrogen-bond donors (Lipinski definition) is 8. The minimum absolute atomic E-state index is 0.00992. The highest BCUT2D eigenvalue weighted by Crippen LogP contribution is 2.68. The summed E-state index contributed by atoms with van der Waals surface area (Å²) in [5.74, 6) is 0.0111. The molecule has 2 heterocycles. The van der Waals surface area contributed by atoms with Crippen LogP contribution in [0.1, 0.15) is 92.9 Å². The molecule has 298 valence electrons. The topological polar surface area (TPSA) is 199 Å². The Morgan fingerprint density at radius 3 is 2.10 bits per heavy atom. The second kappa shape index (κ2) is 15.5. The lowest BCUT2D eigenvalue weighted by Crippen LogP contribution is -2.58. The van der Waals surface area contributed by atoms with Gasteiger partial charge in [-0.3, -0.25) is 0 Å². The van der Waals surface area contributed by atoms with Gasteiger partial charge in [-0.25, -0.2) is 0 Å². The molecule has 0 spiro atoms. The van der Waals surface area contributed by atoms with E-state index in [9.17, 15) is 40.9 Å². The Hall–Kier alpha value is -1.00. The molecule has 0 aromatic carbocycles. The van der Waals surface area contributed by atoms with Gasteiger partial charge in [0.05, 0.1) is 37.1 Å². The molecule has 4 aliphatic carbocycles. The van der Waals surface area contributed by atoms with Crippen molar-refractivity contribution in [2.45, 2.75) is 173 Å². The van der Waals surface area contributed by atoms with Crippen LogP contribution in [0.5, 0.6) is 0 Å². The van der Waals surface area contributed by atoms with E-state index >= 15 is 0 Å². The molecule has 5 fully saturated rings. The number of ether oxygens (including phenoxy) is 4. The van der Waals surface area contributed by atoms with Crippen LogP contribution in [0.3, 0.4) is 0 Å². The van der Waals surface area contributed by atoms with Gasteiger partial charge in [0, 0.05) is 0 Å². The Bertz CT molecular complexity index is 1290. The van der Waals surface area contributed by atoms with Gasteiger partial charge in [0.2, 0.25) is 0 Å². The molecule has 2 saturated heterocycles. The van der Waals surface area contributed by atoms with Crippen LogP contribution in [-0.2, 0) is 18.9 Å². The van der Waals surface area contributed by atoms with Gasteiger partial charge in [-0.15, -0.1) is 0 Å². The average molecular weight is 739 g/mol. The minimum atomic E-state index is -1.48. The first kappa shape index (κ1) is 40.7. The van der Waals surface area contributed by atoms with E-state index in [2.05, 4.69) is 34.3 Å². The molecule has 3 saturated carbocycles. The molecule has 0 bridgehead atoms. The molecule has 0 aromatic rings. The van der Waals surface area contributed by atoms with Crippen LogP contribution in [0.2, 0.25) is 0 Å². The Morgan fingerprint density at radius 2 is 1.46 bits per heavy atom. The summed E-state index contributed by atoms with van der Waals surface area (Å²) < 4.78 is 25.0. The molecule has 20 atom stereocenters. The zero-order chi connectivity index (χ0) is 38.0. The van der Waals surface area contributed by atoms with E-state index in [0.717, 1.165) is 36.8 Å². The van der Waals surface area contributed by atoms with E-state index in [1.54, 1.807) is 13.8 Å². The number of allylic oxidation sites excluding steroid dienone is 1. The molecule has 52 heavy (non-hydrogen) atoms. The molecule has 6 rings (SSSR count). The minimum Gasteiger partial charge on any atom is -0.393 e. The molecule has 6 aliphatic rings. The third-order valence-electron chi connectivity index (χ3n) is 14.8. The molecule has 0 aromatic heterocycles. The number of hydrogen-bond acceptors (Lipinski definition) is 12. The molecule has 12 nitrogen and oxygen atoms in total. The van der Waals surface area contributed by atoms with Gasteiger partial charge in [-0.05, 0) is 112 Å². The van der Waals surface area contributed by atoms with Crippen molar-refractivity contribution in [3.05, 3.63) is 23.8 Å². The van der Waals surface area contributed by atoms with Crippen molar-refractivity contribution in [2.75, 3.05) is 6.61 Å². The van der Waals surface area contributed by atoms with Crippen molar-refractivity contribution in [2.24, 2.45) is 46.3 Å². The Labute approximate surface area is 308 Å². The average Bonchev–Trinajstić information content (AvgIpc) is 3.39.